The number of nitrogens with zero attached hydrogens (tertiary/aromatic N) is 1. The maximum Gasteiger partial charge on any atom is 0.303 e. The lowest BCUT2D eigenvalue weighted by molar-refractivity contribution is -0.138. The first-order valence-corrected chi connectivity index (χ1v) is 8.46. The van der Waals surface area contributed by atoms with Gasteiger partial charge in [-0.3, -0.25) is 9.59 Å². The predicted octanol–water partition coefficient (Wildman–Crippen LogP) is -0.734. The monoisotopic (exact) mass is 322 g/mol. The third-order valence-electron chi connectivity index (χ3n) is 3.12. The van der Waals surface area contributed by atoms with Crippen LogP contribution in [0.25, 0.3) is 0 Å². The molecule has 1 saturated heterocycles. The Hall–Kier alpha value is -1.19. The molecule has 8 nitrogen and oxygen atoms in total. The molecule has 0 radical (unpaired) electrons. The molecule has 0 aromatic rings. The van der Waals surface area contributed by atoms with Crippen LogP contribution < -0.4 is 5.32 Å². The van der Waals surface area contributed by atoms with E-state index in [4.69, 9.17) is 9.84 Å². The zero-order valence-electron chi connectivity index (χ0n) is 12.1. The minimum absolute atomic E-state index is 0.0354. The molecule has 122 valence electrons. The summed E-state index contributed by atoms with van der Waals surface area (Å²) in [4.78, 5) is 22.1. The van der Waals surface area contributed by atoms with Gasteiger partial charge in [0.15, 0.2) is 0 Å². The second-order valence-corrected chi connectivity index (χ2v) is 7.17. The molecule has 0 saturated carbocycles. The van der Waals surface area contributed by atoms with Gasteiger partial charge in [0, 0.05) is 32.5 Å². The van der Waals surface area contributed by atoms with Gasteiger partial charge in [0.25, 0.3) is 0 Å². The van der Waals surface area contributed by atoms with Crippen molar-refractivity contribution in [2.75, 3.05) is 38.6 Å². The van der Waals surface area contributed by atoms with Crippen LogP contribution in [0.2, 0.25) is 0 Å². The first-order valence-electron chi connectivity index (χ1n) is 6.85. The molecule has 1 rings (SSSR count). The van der Waals surface area contributed by atoms with Gasteiger partial charge in [-0.2, -0.15) is 4.31 Å². The number of sulfonamides is 1. The number of amides is 1. The average molecular weight is 322 g/mol. The number of nitrogens with one attached hydrogen (secondary N) is 1. The Kier molecular flexibility index (Phi) is 7.06. The SMILES string of the molecule is CC(CNC(=O)CCS(=O)(=O)N1CCOCC1)CC(=O)O. The number of carbonyl (C=O) groups excluding carboxylic acids is 1. The summed E-state index contributed by atoms with van der Waals surface area (Å²) in [5.41, 5.74) is 0. The molecule has 0 aliphatic carbocycles. The molecule has 9 heteroatoms. The molecule has 21 heavy (non-hydrogen) atoms. The van der Waals surface area contributed by atoms with Gasteiger partial charge in [0.2, 0.25) is 15.9 Å². The third kappa shape index (κ3) is 6.87. The van der Waals surface area contributed by atoms with Crippen molar-refractivity contribution in [2.24, 2.45) is 5.92 Å². The minimum atomic E-state index is -3.44. The van der Waals surface area contributed by atoms with E-state index < -0.39 is 16.0 Å². The lowest BCUT2D eigenvalue weighted by Gasteiger charge is -2.25. The van der Waals surface area contributed by atoms with Crippen molar-refractivity contribution in [2.45, 2.75) is 19.8 Å². The van der Waals surface area contributed by atoms with Crippen molar-refractivity contribution in [3.63, 3.8) is 0 Å². The van der Waals surface area contributed by atoms with E-state index in [-0.39, 0.29) is 37.0 Å². The molecular weight excluding hydrogens is 300 g/mol. The van der Waals surface area contributed by atoms with E-state index in [0.717, 1.165) is 0 Å². The van der Waals surface area contributed by atoms with Gasteiger partial charge >= 0.3 is 5.97 Å². The van der Waals surface area contributed by atoms with E-state index in [9.17, 15) is 18.0 Å². The average Bonchev–Trinajstić information content (AvgIpc) is 2.43. The van der Waals surface area contributed by atoms with Crippen LogP contribution in [0.15, 0.2) is 0 Å². The fourth-order valence-corrected chi connectivity index (χ4v) is 3.33. The smallest absolute Gasteiger partial charge is 0.303 e. The number of carbonyl (C=O) groups is 2. The van der Waals surface area contributed by atoms with Gasteiger partial charge in [-0.25, -0.2) is 8.42 Å². The Morgan fingerprint density at radius 2 is 1.95 bits per heavy atom. The lowest BCUT2D eigenvalue weighted by Crippen LogP contribution is -2.42. The van der Waals surface area contributed by atoms with Crippen molar-refractivity contribution in [3.8, 4) is 0 Å². The largest absolute Gasteiger partial charge is 0.481 e. The number of hydrogen-bond donors (Lipinski definition) is 2. The number of morpholine rings is 1. The first kappa shape index (κ1) is 17.9. The van der Waals surface area contributed by atoms with E-state index in [0.29, 0.717) is 26.3 Å². The highest BCUT2D eigenvalue weighted by molar-refractivity contribution is 7.89. The van der Waals surface area contributed by atoms with Crippen molar-refractivity contribution in [3.05, 3.63) is 0 Å². The minimum Gasteiger partial charge on any atom is -0.481 e. The Bertz CT molecular complexity index is 458. The Labute approximate surface area is 124 Å². The van der Waals surface area contributed by atoms with Gasteiger partial charge < -0.3 is 15.2 Å². The fraction of sp³-hybridized carbons (Fsp3) is 0.833. The molecule has 1 heterocycles. The van der Waals surface area contributed by atoms with Crippen molar-refractivity contribution < 1.29 is 27.9 Å². The third-order valence-corrected chi connectivity index (χ3v) is 4.99. The molecule has 1 atom stereocenters. The van der Waals surface area contributed by atoms with Crippen LogP contribution in [0.3, 0.4) is 0 Å². The molecule has 2 N–H and O–H groups in total. The fourth-order valence-electron chi connectivity index (χ4n) is 1.92. The van der Waals surface area contributed by atoms with Gasteiger partial charge in [0.1, 0.15) is 0 Å². The summed E-state index contributed by atoms with van der Waals surface area (Å²) in [6.45, 7) is 3.32. The number of carboxylic acid groups (broad SMARTS) is 1. The van der Waals surface area contributed by atoms with Gasteiger partial charge in [-0.1, -0.05) is 6.92 Å². The molecule has 1 aliphatic heterocycles. The van der Waals surface area contributed by atoms with E-state index >= 15 is 0 Å². The van der Waals surface area contributed by atoms with Crippen LogP contribution in [-0.2, 0) is 24.3 Å². The van der Waals surface area contributed by atoms with E-state index in [2.05, 4.69) is 5.32 Å². The van der Waals surface area contributed by atoms with Crippen molar-refractivity contribution >= 4 is 21.9 Å². The van der Waals surface area contributed by atoms with E-state index in [1.165, 1.54) is 4.31 Å². The van der Waals surface area contributed by atoms with Gasteiger partial charge in [0.05, 0.1) is 19.0 Å². The number of ether oxygens (including phenoxy) is 1. The summed E-state index contributed by atoms with van der Waals surface area (Å²) < 4.78 is 30.4. The summed E-state index contributed by atoms with van der Waals surface area (Å²) in [6.07, 6.45) is -0.161. The summed E-state index contributed by atoms with van der Waals surface area (Å²) in [5.74, 6) is -1.75. The maximum atomic E-state index is 12.0. The zero-order valence-corrected chi connectivity index (χ0v) is 12.9. The highest BCUT2D eigenvalue weighted by atomic mass is 32.2. The molecule has 1 amide bonds. The molecule has 0 aromatic carbocycles. The number of aliphatic carboxylic acids is 1. The number of rotatable bonds is 8. The van der Waals surface area contributed by atoms with Crippen LogP contribution in [-0.4, -0.2) is 68.3 Å². The molecule has 1 aliphatic rings. The Morgan fingerprint density at radius 1 is 1.33 bits per heavy atom. The van der Waals surface area contributed by atoms with Crippen molar-refractivity contribution in [1.82, 2.24) is 9.62 Å². The van der Waals surface area contributed by atoms with Crippen molar-refractivity contribution in [1.29, 1.82) is 0 Å². The highest BCUT2D eigenvalue weighted by Crippen LogP contribution is 2.07. The van der Waals surface area contributed by atoms with Gasteiger partial charge in [-0.15, -0.1) is 0 Å². The Morgan fingerprint density at radius 3 is 2.52 bits per heavy atom. The van der Waals surface area contributed by atoms with E-state index in [1.54, 1.807) is 6.92 Å². The summed E-state index contributed by atoms with van der Waals surface area (Å²) in [5, 5.41) is 11.1. The quantitative estimate of drug-likeness (QED) is 0.609. The van der Waals surface area contributed by atoms with E-state index in [1.807, 2.05) is 0 Å². The lowest BCUT2D eigenvalue weighted by atomic mass is 10.1. The predicted molar refractivity (Wildman–Crippen MR) is 75.2 cm³/mol. The van der Waals surface area contributed by atoms with Crippen LogP contribution in [0.5, 0.6) is 0 Å². The molecule has 1 unspecified atom stereocenters. The van der Waals surface area contributed by atoms with Crippen LogP contribution in [0.4, 0.5) is 0 Å². The standard InChI is InChI=1S/C12H22N2O6S/c1-10(8-12(16)17)9-13-11(15)2-7-21(18,19)14-3-5-20-6-4-14/h10H,2-9H2,1H3,(H,13,15)(H,16,17). The first-order chi connectivity index (χ1) is 9.81. The second-order valence-electron chi connectivity index (χ2n) is 5.08. The normalized spacial score (nSPS) is 18.1. The topological polar surface area (TPSA) is 113 Å². The highest BCUT2D eigenvalue weighted by Gasteiger charge is 2.24. The maximum absolute atomic E-state index is 12.0. The van der Waals surface area contributed by atoms with Crippen LogP contribution in [0, 0.1) is 5.92 Å². The molecule has 0 aromatic heterocycles. The van der Waals surface area contributed by atoms with Gasteiger partial charge in [-0.05, 0) is 5.92 Å². The Balaban J connectivity index is 2.30. The van der Waals surface area contributed by atoms with Crippen LogP contribution >= 0.6 is 0 Å². The van der Waals surface area contributed by atoms with Crippen LogP contribution in [0.1, 0.15) is 19.8 Å². The molecular formula is C12H22N2O6S. The zero-order chi connectivity index (χ0) is 15.9. The molecule has 0 spiro atoms. The summed E-state index contributed by atoms with van der Waals surface area (Å²) in [6, 6.07) is 0. The summed E-state index contributed by atoms with van der Waals surface area (Å²) >= 11 is 0. The molecule has 1 fully saturated rings. The summed E-state index contributed by atoms with van der Waals surface area (Å²) in [7, 11) is -3.44. The second kappa shape index (κ2) is 8.30. The number of carboxylic acids is 1. The molecule has 0 bridgehead atoms. The number of hydrogen-bond acceptors (Lipinski definition) is 5.